The van der Waals surface area contributed by atoms with Crippen LogP contribution in [0, 0.1) is 6.58 Å². The molecule has 12 heavy (non-hydrogen) atoms. The molecule has 1 fully saturated rings. The summed E-state index contributed by atoms with van der Waals surface area (Å²) in [5.41, 5.74) is 0. The number of nitrogens with zero attached hydrogens (tertiary/aromatic N) is 2. The zero-order valence-corrected chi connectivity index (χ0v) is 10.6. The summed E-state index contributed by atoms with van der Waals surface area (Å²) in [6, 6.07) is 0.652. The van der Waals surface area contributed by atoms with Gasteiger partial charge in [0.1, 0.15) is 0 Å². The van der Waals surface area contributed by atoms with Crippen LogP contribution in [0.2, 0.25) is 0 Å². The van der Waals surface area contributed by atoms with E-state index in [-0.39, 0.29) is 0 Å². The third-order valence-corrected chi connectivity index (χ3v) is 3.50. The number of piperazine rings is 1. The monoisotopic (exact) mass is 335 g/mol. The quantitative estimate of drug-likeness (QED) is 0.684. The van der Waals surface area contributed by atoms with Crippen LogP contribution in [0.5, 0.6) is 0 Å². The van der Waals surface area contributed by atoms with E-state index in [2.05, 4.69) is 23.6 Å². The number of hydrogen-bond donors (Lipinski definition) is 0. The van der Waals surface area contributed by atoms with Crippen molar-refractivity contribution in [1.29, 1.82) is 0 Å². The molecule has 0 bridgehead atoms. The van der Waals surface area contributed by atoms with Crippen molar-refractivity contribution in [2.24, 2.45) is 0 Å². The van der Waals surface area contributed by atoms with Crippen LogP contribution in [0.4, 0.5) is 0 Å². The molecular formula is C9H15N2W-. The van der Waals surface area contributed by atoms with Crippen molar-refractivity contribution in [3.8, 4) is 0 Å². The molecule has 0 N–H and O–H groups in total. The predicted molar refractivity (Wildman–Crippen MR) is 47.3 cm³/mol. The van der Waals surface area contributed by atoms with Gasteiger partial charge < -0.3 is 0 Å². The maximum absolute atomic E-state index is 5.49. The Balaban J connectivity index is 2.51. The Morgan fingerprint density at radius 1 is 1.50 bits per heavy atom. The van der Waals surface area contributed by atoms with E-state index in [1.807, 2.05) is 0 Å². The van der Waals surface area contributed by atoms with E-state index in [9.17, 15) is 0 Å². The molecule has 0 radical (unpaired) electrons. The Morgan fingerprint density at radius 3 is 2.58 bits per heavy atom. The van der Waals surface area contributed by atoms with Crippen molar-refractivity contribution in [1.82, 2.24) is 9.80 Å². The molecule has 3 heteroatoms. The first-order valence-electron chi connectivity index (χ1n) is 4.23. The zero-order chi connectivity index (χ0) is 9.14. The molecule has 68 valence electrons. The summed E-state index contributed by atoms with van der Waals surface area (Å²) in [4.78, 5) is 4.64. The van der Waals surface area contributed by atoms with Crippen LogP contribution >= 0.6 is 0 Å². The van der Waals surface area contributed by atoms with Gasteiger partial charge in [-0.1, -0.05) is 0 Å². The first kappa shape index (κ1) is 10.1. The molecular weight excluding hydrogens is 320 g/mol. The van der Waals surface area contributed by atoms with Gasteiger partial charge >= 0.3 is 85.5 Å². The summed E-state index contributed by atoms with van der Waals surface area (Å²) in [5, 5.41) is 0. The van der Waals surface area contributed by atoms with Gasteiger partial charge in [0.2, 0.25) is 0 Å². The van der Waals surface area contributed by atoms with Crippen LogP contribution in [0.25, 0.3) is 0 Å². The average molecular weight is 335 g/mol. The normalized spacial score (nSPS) is 20.2. The minimum absolute atomic E-state index is 0.652. The molecule has 0 aromatic rings. The van der Waals surface area contributed by atoms with Crippen molar-refractivity contribution in [2.75, 3.05) is 19.6 Å². The second-order valence-electron chi connectivity index (χ2n) is 3.30. The van der Waals surface area contributed by atoms with Gasteiger partial charge in [0.05, 0.1) is 0 Å². The summed E-state index contributed by atoms with van der Waals surface area (Å²) in [6.07, 6.45) is 1.69. The van der Waals surface area contributed by atoms with Crippen LogP contribution < -0.4 is 0 Å². The Hall–Kier alpha value is 0.0583. The third kappa shape index (κ3) is 2.27. The van der Waals surface area contributed by atoms with Crippen molar-refractivity contribution >= 4 is 4.02 Å². The van der Waals surface area contributed by atoms with E-state index in [1.54, 1.807) is 6.20 Å². The van der Waals surface area contributed by atoms with E-state index in [4.69, 9.17) is 6.58 Å². The van der Waals surface area contributed by atoms with E-state index in [1.165, 1.54) is 23.4 Å². The predicted octanol–water partition coefficient (Wildman–Crippen LogP) is 0.636. The SMILES string of the molecule is [CH-]=CN1CCN(C(C)C)C[C]1=[W]. The second-order valence-corrected chi connectivity index (χ2v) is 4.99. The van der Waals surface area contributed by atoms with Gasteiger partial charge in [-0.2, -0.15) is 0 Å². The first-order valence-corrected chi connectivity index (χ1v) is 5.70. The summed E-state index contributed by atoms with van der Waals surface area (Å²) in [5.74, 6) is 0. The average Bonchev–Trinajstić information content (AvgIpc) is 2.04. The molecule has 1 aliphatic rings. The standard InChI is InChI=1S/C9H15N2.W/c1-4-10-5-7-11(8-6-10)9(2)3;/h1,4,9H,5,7-8H2,2-3H3;/q-1;. The van der Waals surface area contributed by atoms with Crippen molar-refractivity contribution in [3.63, 3.8) is 0 Å². The fourth-order valence-electron chi connectivity index (χ4n) is 1.30. The van der Waals surface area contributed by atoms with E-state index >= 15 is 0 Å². The minimum atomic E-state index is 0.652. The summed E-state index contributed by atoms with van der Waals surface area (Å²) < 4.78 is 1.43. The van der Waals surface area contributed by atoms with Crippen LogP contribution in [0.3, 0.4) is 0 Å². The van der Waals surface area contributed by atoms with Gasteiger partial charge in [0.15, 0.2) is 0 Å². The molecule has 0 aromatic heterocycles. The van der Waals surface area contributed by atoms with Crippen molar-refractivity contribution < 1.29 is 19.4 Å². The van der Waals surface area contributed by atoms with Gasteiger partial charge in [0.25, 0.3) is 0 Å². The fraction of sp³-hybridized carbons (Fsp3) is 0.667. The molecule has 0 unspecified atom stereocenters. The molecule has 0 spiro atoms. The van der Waals surface area contributed by atoms with Crippen LogP contribution in [0.1, 0.15) is 13.8 Å². The second kappa shape index (κ2) is 4.34. The topological polar surface area (TPSA) is 6.48 Å². The van der Waals surface area contributed by atoms with Gasteiger partial charge in [-0.15, -0.1) is 0 Å². The molecule has 0 aromatic carbocycles. The van der Waals surface area contributed by atoms with Crippen LogP contribution in [-0.4, -0.2) is 39.5 Å². The Labute approximate surface area is 85.6 Å². The Morgan fingerprint density at radius 2 is 2.17 bits per heavy atom. The van der Waals surface area contributed by atoms with E-state index in [0.29, 0.717) is 6.04 Å². The molecule has 1 heterocycles. The van der Waals surface area contributed by atoms with Gasteiger partial charge in [0, 0.05) is 0 Å². The molecule has 0 saturated carbocycles. The van der Waals surface area contributed by atoms with E-state index < -0.39 is 0 Å². The molecule has 1 aliphatic heterocycles. The number of hydrogen-bond acceptors (Lipinski definition) is 2. The van der Waals surface area contributed by atoms with Crippen LogP contribution in [-0.2, 0) is 19.4 Å². The maximum atomic E-state index is 5.49. The summed E-state index contributed by atoms with van der Waals surface area (Å²) >= 11 is 1.53. The molecule has 0 amide bonds. The van der Waals surface area contributed by atoms with Gasteiger partial charge in [-0.3, -0.25) is 0 Å². The van der Waals surface area contributed by atoms with Crippen LogP contribution in [0.15, 0.2) is 6.20 Å². The Kier molecular flexibility index (Phi) is 3.67. The number of rotatable bonds is 2. The molecule has 1 saturated heterocycles. The molecule has 0 aliphatic carbocycles. The van der Waals surface area contributed by atoms with Crippen molar-refractivity contribution in [3.05, 3.63) is 12.8 Å². The fourth-order valence-corrected chi connectivity index (χ4v) is 2.45. The molecule has 2 nitrogen and oxygen atoms in total. The Bertz CT molecular complexity index is 189. The van der Waals surface area contributed by atoms with Crippen molar-refractivity contribution in [2.45, 2.75) is 19.9 Å². The molecule has 1 rings (SSSR count). The first-order chi connectivity index (χ1) is 5.65. The third-order valence-electron chi connectivity index (χ3n) is 2.20. The summed E-state index contributed by atoms with van der Waals surface area (Å²) in [6.45, 7) is 13.2. The molecule has 0 atom stereocenters. The van der Waals surface area contributed by atoms with E-state index in [0.717, 1.165) is 19.6 Å². The summed E-state index contributed by atoms with van der Waals surface area (Å²) in [7, 11) is 0. The van der Waals surface area contributed by atoms with Gasteiger partial charge in [-0.25, -0.2) is 0 Å². The zero-order valence-electron chi connectivity index (χ0n) is 7.66. The van der Waals surface area contributed by atoms with Gasteiger partial charge in [-0.05, 0) is 0 Å².